The second-order valence-corrected chi connectivity index (χ2v) is 4.55. The zero-order valence-corrected chi connectivity index (χ0v) is 11.6. The van der Waals surface area contributed by atoms with Crippen molar-refractivity contribution in [2.24, 2.45) is 0 Å². The highest BCUT2D eigenvalue weighted by Gasteiger charge is 2.31. The summed E-state index contributed by atoms with van der Waals surface area (Å²) < 4.78 is 39.9. The topological polar surface area (TPSA) is 51.2 Å². The Labute approximate surface area is 124 Å². The molecule has 1 atom stereocenters. The molecule has 1 aromatic heterocycles. The van der Waals surface area contributed by atoms with Gasteiger partial charge >= 0.3 is 6.36 Å². The summed E-state index contributed by atoms with van der Waals surface area (Å²) in [6, 6.07) is 8.03. The zero-order valence-electron chi connectivity index (χ0n) is 11.6. The summed E-state index contributed by atoms with van der Waals surface area (Å²) in [7, 11) is 0. The van der Waals surface area contributed by atoms with E-state index in [1.165, 1.54) is 12.1 Å². The maximum atomic E-state index is 12.1. The van der Waals surface area contributed by atoms with E-state index in [0.29, 0.717) is 0 Å². The molecule has 4 nitrogen and oxygen atoms in total. The Morgan fingerprint density at radius 3 is 2.45 bits per heavy atom. The molecule has 0 bridgehead atoms. The van der Waals surface area contributed by atoms with Crippen LogP contribution in [0.5, 0.6) is 5.75 Å². The van der Waals surface area contributed by atoms with Crippen LogP contribution in [0, 0.1) is 0 Å². The van der Waals surface area contributed by atoms with Crippen LogP contribution >= 0.6 is 0 Å². The molecule has 116 valence electrons. The van der Waals surface area contributed by atoms with E-state index in [9.17, 15) is 18.0 Å². The molecule has 2 aromatic rings. The van der Waals surface area contributed by atoms with Gasteiger partial charge in [-0.05, 0) is 42.8 Å². The highest BCUT2D eigenvalue weighted by molar-refractivity contribution is 5.94. The number of amides is 1. The maximum absolute atomic E-state index is 12.1. The van der Waals surface area contributed by atoms with Crippen LogP contribution in [-0.2, 0) is 0 Å². The van der Waals surface area contributed by atoms with Crippen LogP contribution in [0.15, 0.2) is 48.8 Å². The monoisotopic (exact) mass is 310 g/mol. The van der Waals surface area contributed by atoms with Crippen molar-refractivity contribution >= 4 is 5.91 Å². The van der Waals surface area contributed by atoms with Gasteiger partial charge in [-0.15, -0.1) is 13.2 Å². The lowest BCUT2D eigenvalue weighted by Gasteiger charge is -2.14. The van der Waals surface area contributed by atoms with Crippen molar-refractivity contribution in [2.45, 2.75) is 19.3 Å². The van der Waals surface area contributed by atoms with E-state index in [4.69, 9.17) is 0 Å². The van der Waals surface area contributed by atoms with E-state index in [-0.39, 0.29) is 17.4 Å². The van der Waals surface area contributed by atoms with Crippen molar-refractivity contribution in [3.8, 4) is 5.75 Å². The SMILES string of the molecule is C[C@H](NC(=O)c1ccc(OC(F)(F)F)cc1)c1cccnc1. The maximum Gasteiger partial charge on any atom is 0.573 e. The first-order valence-electron chi connectivity index (χ1n) is 6.42. The van der Waals surface area contributed by atoms with Crippen molar-refractivity contribution in [3.05, 3.63) is 59.9 Å². The lowest BCUT2D eigenvalue weighted by molar-refractivity contribution is -0.274. The molecular formula is C15H13F3N2O2. The summed E-state index contributed by atoms with van der Waals surface area (Å²) in [4.78, 5) is 16.0. The first-order chi connectivity index (χ1) is 10.3. The van der Waals surface area contributed by atoms with E-state index in [1.807, 2.05) is 6.07 Å². The smallest absolute Gasteiger partial charge is 0.406 e. The molecule has 1 N–H and O–H groups in total. The van der Waals surface area contributed by atoms with Crippen LogP contribution in [0.25, 0.3) is 0 Å². The highest BCUT2D eigenvalue weighted by Crippen LogP contribution is 2.23. The molecule has 0 radical (unpaired) electrons. The number of aromatic nitrogens is 1. The fourth-order valence-electron chi connectivity index (χ4n) is 1.80. The molecule has 0 aliphatic rings. The van der Waals surface area contributed by atoms with E-state index >= 15 is 0 Å². The molecule has 0 saturated carbocycles. The molecule has 0 saturated heterocycles. The quantitative estimate of drug-likeness (QED) is 0.940. The minimum atomic E-state index is -4.75. The third kappa shape index (κ3) is 4.47. The van der Waals surface area contributed by atoms with Gasteiger partial charge in [0, 0.05) is 18.0 Å². The molecule has 1 amide bonds. The van der Waals surface area contributed by atoms with Crippen molar-refractivity contribution in [1.29, 1.82) is 0 Å². The van der Waals surface area contributed by atoms with Gasteiger partial charge in [0.05, 0.1) is 6.04 Å². The summed E-state index contributed by atoms with van der Waals surface area (Å²) in [5, 5.41) is 2.74. The number of hydrogen-bond acceptors (Lipinski definition) is 3. The van der Waals surface area contributed by atoms with Crippen molar-refractivity contribution in [1.82, 2.24) is 10.3 Å². The molecule has 1 heterocycles. The molecule has 7 heteroatoms. The molecule has 0 aliphatic heterocycles. The number of carbonyl (C=O) groups excluding carboxylic acids is 1. The standard InChI is InChI=1S/C15H13F3N2O2/c1-10(12-3-2-8-19-9-12)20-14(21)11-4-6-13(7-5-11)22-15(16,17)18/h2-10H,1H3,(H,20,21)/t10-/m0/s1. The Morgan fingerprint density at radius 1 is 1.23 bits per heavy atom. The van der Waals surface area contributed by atoms with Crippen molar-refractivity contribution in [3.63, 3.8) is 0 Å². The minimum absolute atomic E-state index is 0.241. The number of benzene rings is 1. The van der Waals surface area contributed by atoms with Crippen LogP contribution < -0.4 is 10.1 Å². The summed E-state index contributed by atoms with van der Waals surface area (Å²) in [6.07, 6.45) is -1.50. The average Bonchev–Trinajstić information content (AvgIpc) is 2.47. The van der Waals surface area contributed by atoms with E-state index in [0.717, 1.165) is 17.7 Å². The van der Waals surface area contributed by atoms with Gasteiger partial charge in [-0.1, -0.05) is 6.07 Å². The Bertz CT molecular complexity index is 627. The normalized spacial score (nSPS) is 12.5. The van der Waals surface area contributed by atoms with Crippen molar-refractivity contribution < 1.29 is 22.7 Å². The number of carbonyl (C=O) groups is 1. The predicted octanol–water partition coefficient (Wildman–Crippen LogP) is 3.47. The number of ether oxygens (including phenoxy) is 1. The number of alkyl halides is 3. The largest absolute Gasteiger partial charge is 0.573 e. The third-order valence-electron chi connectivity index (χ3n) is 2.88. The van der Waals surface area contributed by atoms with Gasteiger partial charge < -0.3 is 10.1 Å². The van der Waals surface area contributed by atoms with Gasteiger partial charge in [0.25, 0.3) is 5.91 Å². The number of nitrogens with zero attached hydrogens (tertiary/aromatic N) is 1. The Kier molecular flexibility index (Phi) is 4.65. The Hall–Kier alpha value is -2.57. The van der Waals surface area contributed by atoms with Gasteiger partial charge in [-0.25, -0.2) is 0 Å². The fraction of sp³-hybridized carbons (Fsp3) is 0.200. The minimum Gasteiger partial charge on any atom is -0.406 e. The van der Waals surface area contributed by atoms with E-state index < -0.39 is 12.3 Å². The molecule has 0 spiro atoms. The number of pyridine rings is 1. The van der Waals surface area contributed by atoms with Crippen LogP contribution in [-0.4, -0.2) is 17.3 Å². The molecule has 0 unspecified atom stereocenters. The van der Waals surface area contributed by atoms with Crippen LogP contribution in [0.4, 0.5) is 13.2 Å². The van der Waals surface area contributed by atoms with Gasteiger partial charge in [0.1, 0.15) is 5.75 Å². The van der Waals surface area contributed by atoms with Gasteiger partial charge in [0.15, 0.2) is 0 Å². The van der Waals surface area contributed by atoms with E-state index in [1.54, 1.807) is 25.4 Å². The lowest BCUT2D eigenvalue weighted by Crippen LogP contribution is -2.26. The molecule has 0 aliphatic carbocycles. The molecule has 22 heavy (non-hydrogen) atoms. The van der Waals surface area contributed by atoms with Gasteiger partial charge in [-0.3, -0.25) is 9.78 Å². The predicted molar refractivity (Wildman–Crippen MR) is 73.2 cm³/mol. The number of nitrogens with one attached hydrogen (secondary N) is 1. The second-order valence-electron chi connectivity index (χ2n) is 4.55. The van der Waals surface area contributed by atoms with Gasteiger partial charge in [0.2, 0.25) is 0 Å². The first kappa shape index (κ1) is 15.8. The Morgan fingerprint density at radius 2 is 1.91 bits per heavy atom. The zero-order chi connectivity index (χ0) is 16.2. The summed E-state index contributed by atoms with van der Waals surface area (Å²) in [5.41, 5.74) is 1.07. The second kappa shape index (κ2) is 6.46. The molecule has 2 rings (SSSR count). The highest BCUT2D eigenvalue weighted by atomic mass is 19.4. The summed E-state index contributed by atoms with van der Waals surface area (Å²) >= 11 is 0. The van der Waals surface area contributed by atoms with Crippen LogP contribution in [0.3, 0.4) is 0 Å². The van der Waals surface area contributed by atoms with E-state index in [2.05, 4.69) is 15.0 Å². The number of hydrogen-bond donors (Lipinski definition) is 1. The number of rotatable bonds is 4. The first-order valence-corrected chi connectivity index (χ1v) is 6.42. The number of halogens is 3. The molecule has 1 aromatic carbocycles. The van der Waals surface area contributed by atoms with Crippen LogP contribution in [0.2, 0.25) is 0 Å². The van der Waals surface area contributed by atoms with Crippen LogP contribution in [0.1, 0.15) is 28.9 Å². The fourth-order valence-corrected chi connectivity index (χ4v) is 1.80. The molecule has 0 fully saturated rings. The van der Waals surface area contributed by atoms with Gasteiger partial charge in [-0.2, -0.15) is 0 Å². The Balaban J connectivity index is 2.01. The average molecular weight is 310 g/mol. The third-order valence-corrected chi connectivity index (χ3v) is 2.88. The lowest BCUT2D eigenvalue weighted by atomic mass is 10.1. The summed E-state index contributed by atoms with van der Waals surface area (Å²) in [6.45, 7) is 1.79. The van der Waals surface area contributed by atoms with Crippen molar-refractivity contribution in [2.75, 3.05) is 0 Å². The summed E-state index contributed by atoms with van der Waals surface area (Å²) in [5.74, 6) is -0.765. The molecular weight excluding hydrogens is 297 g/mol.